The van der Waals surface area contributed by atoms with Crippen LogP contribution in [0.15, 0.2) is 60.7 Å². The van der Waals surface area contributed by atoms with E-state index in [0.717, 1.165) is 17.1 Å². The van der Waals surface area contributed by atoms with Crippen molar-refractivity contribution in [1.82, 2.24) is 15.4 Å². The van der Waals surface area contributed by atoms with Gasteiger partial charge in [0.15, 0.2) is 0 Å². The highest BCUT2D eigenvalue weighted by Crippen LogP contribution is 2.20. The Morgan fingerprint density at radius 1 is 0.963 bits per heavy atom. The van der Waals surface area contributed by atoms with Gasteiger partial charge in [-0.1, -0.05) is 30.3 Å². The lowest BCUT2D eigenvalue weighted by atomic mass is 10.1. The summed E-state index contributed by atoms with van der Waals surface area (Å²) in [4.78, 5) is 24.5. The molecule has 5 nitrogen and oxygen atoms in total. The number of nitrogens with zero attached hydrogens (tertiary/aromatic N) is 1. The first-order chi connectivity index (χ1) is 13.0. The van der Waals surface area contributed by atoms with Gasteiger partial charge in [0.05, 0.1) is 12.0 Å². The zero-order chi connectivity index (χ0) is 19.4. The quantitative estimate of drug-likeness (QED) is 0.697. The first-order valence-electron chi connectivity index (χ1n) is 8.53. The SMILES string of the molecule is Cc1cc(C(=O)NNC(=O)Cc2cccc(F)c2)c(C)n1-c1ccccc1. The molecular formula is C21H20FN3O2. The summed E-state index contributed by atoms with van der Waals surface area (Å²) in [7, 11) is 0. The van der Waals surface area contributed by atoms with Gasteiger partial charge in [-0.05, 0) is 49.7 Å². The Morgan fingerprint density at radius 2 is 1.70 bits per heavy atom. The van der Waals surface area contributed by atoms with Crippen LogP contribution in [0, 0.1) is 19.7 Å². The highest BCUT2D eigenvalue weighted by Gasteiger charge is 2.17. The lowest BCUT2D eigenvalue weighted by Gasteiger charge is -2.10. The zero-order valence-corrected chi connectivity index (χ0v) is 15.1. The molecule has 0 aliphatic heterocycles. The van der Waals surface area contributed by atoms with E-state index in [1.807, 2.05) is 48.7 Å². The summed E-state index contributed by atoms with van der Waals surface area (Å²) < 4.78 is 15.1. The number of hydrogen-bond acceptors (Lipinski definition) is 2. The molecule has 0 radical (unpaired) electrons. The summed E-state index contributed by atoms with van der Waals surface area (Å²) in [6, 6.07) is 17.3. The van der Waals surface area contributed by atoms with Crippen molar-refractivity contribution in [1.29, 1.82) is 0 Å². The third kappa shape index (κ3) is 4.23. The molecule has 0 spiro atoms. The molecule has 0 bridgehead atoms. The molecule has 2 amide bonds. The van der Waals surface area contributed by atoms with Gasteiger partial charge in [0.2, 0.25) is 5.91 Å². The molecule has 0 fully saturated rings. The second kappa shape index (κ2) is 7.86. The summed E-state index contributed by atoms with van der Waals surface area (Å²) in [6.45, 7) is 3.77. The number of amides is 2. The van der Waals surface area contributed by atoms with Crippen LogP contribution in [0.2, 0.25) is 0 Å². The smallest absolute Gasteiger partial charge is 0.271 e. The number of aryl methyl sites for hydroxylation is 1. The van der Waals surface area contributed by atoms with Crippen molar-refractivity contribution in [2.75, 3.05) is 0 Å². The van der Waals surface area contributed by atoms with E-state index < -0.39 is 17.6 Å². The van der Waals surface area contributed by atoms with Gasteiger partial charge in [-0.2, -0.15) is 0 Å². The number of aromatic nitrogens is 1. The molecule has 0 unspecified atom stereocenters. The maximum absolute atomic E-state index is 13.2. The number of carbonyl (C=O) groups is 2. The molecule has 3 rings (SSSR count). The Kier molecular flexibility index (Phi) is 5.35. The molecular weight excluding hydrogens is 345 g/mol. The Balaban J connectivity index is 1.67. The van der Waals surface area contributed by atoms with Crippen LogP contribution in [0.5, 0.6) is 0 Å². The second-order valence-corrected chi connectivity index (χ2v) is 6.26. The lowest BCUT2D eigenvalue weighted by Crippen LogP contribution is -2.42. The fraction of sp³-hybridized carbons (Fsp3) is 0.143. The van der Waals surface area contributed by atoms with E-state index >= 15 is 0 Å². The number of benzene rings is 2. The van der Waals surface area contributed by atoms with Gasteiger partial charge < -0.3 is 4.57 Å². The lowest BCUT2D eigenvalue weighted by molar-refractivity contribution is -0.121. The minimum absolute atomic E-state index is 0.0267. The van der Waals surface area contributed by atoms with Crippen LogP contribution in [0.25, 0.3) is 5.69 Å². The van der Waals surface area contributed by atoms with Crippen LogP contribution in [-0.2, 0) is 11.2 Å². The highest BCUT2D eigenvalue weighted by atomic mass is 19.1. The van der Waals surface area contributed by atoms with Gasteiger partial charge in [0.25, 0.3) is 5.91 Å². The van der Waals surface area contributed by atoms with E-state index in [1.54, 1.807) is 12.1 Å². The summed E-state index contributed by atoms with van der Waals surface area (Å²) >= 11 is 0. The average Bonchev–Trinajstić information content (AvgIpc) is 2.95. The first kappa shape index (κ1) is 18.4. The molecule has 2 N–H and O–H groups in total. The number of nitrogens with one attached hydrogen (secondary N) is 2. The van der Waals surface area contributed by atoms with Crippen molar-refractivity contribution in [3.05, 3.63) is 89.0 Å². The largest absolute Gasteiger partial charge is 0.318 e. The molecule has 0 aliphatic carbocycles. The fourth-order valence-corrected chi connectivity index (χ4v) is 3.04. The zero-order valence-electron chi connectivity index (χ0n) is 15.1. The van der Waals surface area contributed by atoms with E-state index in [9.17, 15) is 14.0 Å². The van der Waals surface area contributed by atoms with E-state index in [-0.39, 0.29) is 6.42 Å². The number of halogens is 1. The van der Waals surface area contributed by atoms with Crippen molar-refractivity contribution < 1.29 is 14.0 Å². The van der Waals surface area contributed by atoms with Crippen LogP contribution >= 0.6 is 0 Å². The van der Waals surface area contributed by atoms with Crippen LogP contribution in [0.4, 0.5) is 4.39 Å². The van der Waals surface area contributed by atoms with Crippen molar-refractivity contribution in [2.24, 2.45) is 0 Å². The summed E-state index contributed by atoms with van der Waals surface area (Å²) in [5.41, 5.74) is 8.45. The van der Waals surface area contributed by atoms with Crippen LogP contribution in [-0.4, -0.2) is 16.4 Å². The number of para-hydroxylation sites is 1. The maximum atomic E-state index is 13.2. The number of carbonyl (C=O) groups excluding carboxylic acids is 2. The molecule has 0 saturated heterocycles. The number of rotatable bonds is 4. The van der Waals surface area contributed by atoms with Crippen LogP contribution in [0.3, 0.4) is 0 Å². The molecule has 1 heterocycles. The Hall–Kier alpha value is -3.41. The van der Waals surface area contributed by atoms with Gasteiger partial charge in [0, 0.05) is 17.1 Å². The maximum Gasteiger partial charge on any atom is 0.271 e. The summed E-state index contributed by atoms with van der Waals surface area (Å²) in [6.07, 6.45) is -0.0267. The second-order valence-electron chi connectivity index (χ2n) is 6.26. The normalized spacial score (nSPS) is 10.5. The van der Waals surface area contributed by atoms with Gasteiger partial charge >= 0.3 is 0 Å². The molecule has 0 saturated carbocycles. The predicted molar refractivity (Wildman–Crippen MR) is 101 cm³/mol. The van der Waals surface area contributed by atoms with Gasteiger partial charge in [-0.3, -0.25) is 20.4 Å². The third-order valence-electron chi connectivity index (χ3n) is 4.26. The molecule has 138 valence electrons. The average molecular weight is 365 g/mol. The first-order valence-corrected chi connectivity index (χ1v) is 8.53. The van der Waals surface area contributed by atoms with Crippen molar-refractivity contribution in [2.45, 2.75) is 20.3 Å². The molecule has 0 atom stereocenters. The van der Waals surface area contributed by atoms with E-state index in [4.69, 9.17) is 0 Å². The molecule has 0 aliphatic rings. The Bertz CT molecular complexity index is 980. The van der Waals surface area contributed by atoms with E-state index in [1.165, 1.54) is 18.2 Å². The third-order valence-corrected chi connectivity index (χ3v) is 4.26. The monoisotopic (exact) mass is 365 g/mol. The van der Waals surface area contributed by atoms with E-state index in [0.29, 0.717) is 11.1 Å². The standard InChI is InChI=1S/C21H20FN3O2/c1-14-11-19(15(2)25(14)18-9-4-3-5-10-18)21(27)24-23-20(26)13-16-7-6-8-17(22)12-16/h3-12H,13H2,1-2H3,(H,23,26)(H,24,27). The molecule has 6 heteroatoms. The van der Waals surface area contributed by atoms with Gasteiger partial charge in [0.1, 0.15) is 5.82 Å². The van der Waals surface area contributed by atoms with Crippen LogP contribution < -0.4 is 10.9 Å². The van der Waals surface area contributed by atoms with Crippen LogP contribution in [0.1, 0.15) is 27.3 Å². The van der Waals surface area contributed by atoms with Gasteiger partial charge in [-0.25, -0.2) is 4.39 Å². The molecule has 2 aromatic carbocycles. The van der Waals surface area contributed by atoms with Crippen molar-refractivity contribution in [3.8, 4) is 5.69 Å². The van der Waals surface area contributed by atoms with Gasteiger partial charge in [-0.15, -0.1) is 0 Å². The van der Waals surface area contributed by atoms with Crippen molar-refractivity contribution >= 4 is 11.8 Å². The summed E-state index contributed by atoms with van der Waals surface area (Å²) in [5, 5.41) is 0. The Labute approximate surface area is 156 Å². The molecule has 1 aromatic heterocycles. The summed E-state index contributed by atoms with van der Waals surface area (Å²) in [5.74, 6) is -1.23. The predicted octanol–water partition coefficient (Wildman–Crippen LogP) is 3.24. The fourth-order valence-electron chi connectivity index (χ4n) is 3.04. The Morgan fingerprint density at radius 3 is 2.41 bits per heavy atom. The number of hydrazine groups is 1. The highest BCUT2D eigenvalue weighted by molar-refractivity contribution is 5.97. The topological polar surface area (TPSA) is 63.1 Å². The van der Waals surface area contributed by atoms with Crippen molar-refractivity contribution in [3.63, 3.8) is 0 Å². The minimum atomic E-state index is -0.425. The number of hydrogen-bond donors (Lipinski definition) is 2. The minimum Gasteiger partial charge on any atom is -0.318 e. The van der Waals surface area contributed by atoms with E-state index in [2.05, 4.69) is 10.9 Å². The molecule has 3 aromatic rings. The molecule has 27 heavy (non-hydrogen) atoms.